The van der Waals surface area contributed by atoms with Gasteiger partial charge in [-0.2, -0.15) is 0 Å². The lowest BCUT2D eigenvalue weighted by atomic mass is 9.82. The van der Waals surface area contributed by atoms with Crippen LogP contribution in [0.5, 0.6) is 5.75 Å². The van der Waals surface area contributed by atoms with Crippen LogP contribution < -0.4 is 10.1 Å². The molecule has 1 aromatic rings. The standard InChI is InChI=1S/C22H28N2O5/c25-20-12-27-14-22(23-20)9-10-24-19(22)11-28-16-7-5-15(6-8-16)17-3-1-2-4-18(17)29-13-21(24)26/h1-4,15-16,19H,5-14H2,(H,23,25)/t15-,16+,19?,22?. The van der Waals surface area contributed by atoms with Crippen molar-refractivity contribution in [3.63, 3.8) is 0 Å². The average molecular weight is 400 g/mol. The largest absolute Gasteiger partial charge is 0.483 e. The molecule has 0 radical (unpaired) electrons. The molecule has 2 atom stereocenters. The van der Waals surface area contributed by atoms with E-state index in [0.717, 1.165) is 31.4 Å². The summed E-state index contributed by atoms with van der Waals surface area (Å²) in [5.41, 5.74) is 0.626. The highest BCUT2D eigenvalue weighted by molar-refractivity contribution is 5.81. The number of fused-ring (bicyclic) bond motifs is 5. The molecule has 2 saturated heterocycles. The molecule has 156 valence electrons. The summed E-state index contributed by atoms with van der Waals surface area (Å²) >= 11 is 0. The molecule has 7 nitrogen and oxygen atoms in total. The summed E-state index contributed by atoms with van der Waals surface area (Å²) in [6.45, 7) is 1.46. The third-order valence-corrected chi connectivity index (χ3v) is 6.99. The van der Waals surface area contributed by atoms with Crippen molar-refractivity contribution in [3.05, 3.63) is 29.8 Å². The van der Waals surface area contributed by atoms with Crippen molar-refractivity contribution in [2.75, 3.05) is 33.0 Å². The maximum absolute atomic E-state index is 13.1. The number of para-hydroxylation sites is 1. The molecule has 1 saturated carbocycles. The quantitative estimate of drug-likeness (QED) is 0.716. The fourth-order valence-corrected chi connectivity index (χ4v) is 5.42. The Hall–Kier alpha value is -2.12. The molecule has 7 heteroatoms. The number of benzene rings is 1. The second-order valence-corrected chi connectivity index (χ2v) is 8.68. The molecule has 1 aromatic carbocycles. The van der Waals surface area contributed by atoms with Crippen molar-refractivity contribution in [1.82, 2.24) is 10.2 Å². The van der Waals surface area contributed by atoms with Crippen LogP contribution in [0.25, 0.3) is 0 Å². The zero-order valence-electron chi connectivity index (χ0n) is 16.6. The van der Waals surface area contributed by atoms with Gasteiger partial charge in [0.15, 0.2) is 6.61 Å². The minimum Gasteiger partial charge on any atom is -0.483 e. The Kier molecular flexibility index (Phi) is 4.95. The molecule has 0 aromatic heterocycles. The number of amides is 2. The van der Waals surface area contributed by atoms with E-state index in [4.69, 9.17) is 14.2 Å². The number of morpholine rings is 1. The van der Waals surface area contributed by atoms with Crippen molar-refractivity contribution < 1.29 is 23.8 Å². The minimum atomic E-state index is -0.569. The van der Waals surface area contributed by atoms with Gasteiger partial charge in [0, 0.05) is 6.54 Å². The molecule has 1 aliphatic carbocycles. The van der Waals surface area contributed by atoms with E-state index in [1.54, 1.807) is 0 Å². The topological polar surface area (TPSA) is 77.1 Å². The summed E-state index contributed by atoms with van der Waals surface area (Å²) in [5, 5.41) is 3.12. The molecule has 6 rings (SSSR count). The van der Waals surface area contributed by atoms with Crippen LogP contribution in [0, 0.1) is 0 Å². The van der Waals surface area contributed by atoms with E-state index in [1.807, 2.05) is 23.1 Å². The molecular formula is C22H28N2O5. The monoisotopic (exact) mass is 400 g/mol. The van der Waals surface area contributed by atoms with Crippen molar-refractivity contribution in [3.8, 4) is 5.75 Å². The van der Waals surface area contributed by atoms with Crippen molar-refractivity contribution >= 4 is 11.8 Å². The smallest absolute Gasteiger partial charge is 0.260 e. The normalized spacial score (nSPS) is 35.0. The summed E-state index contributed by atoms with van der Waals surface area (Å²) in [5.74, 6) is 1.05. The summed E-state index contributed by atoms with van der Waals surface area (Å²) in [6.07, 6.45) is 4.96. The van der Waals surface area contributed by atoms with E-state index in [1.165, 1.54) is 5.56 Å². The fraction of sp³-hybridized carbons (Fsp3) is 0.636. The van der Waals surface area contributed by atoms with Crippen molar-refractivity contribution in [2.45, 2.75) is 55.7 Å². The molecule has 1 N–H and O–H groups in total. The van der Waals surface area contributed by atoms with Crippen LogP contribution in [0.15, 0.2) is 24.3 Å². The number of nitrogens with zero attached hydrogens (tertiary/aromatic N) is 1. The molecule has 29 heavy (non-hydrogen) atoms. The highest BCUT2D eigenvalue weighted by Crippen LogP contribution is 2.39. The summed E-state index contributed by atoms with van der Waals surface area (Å²) < 4.78 is 17.9. The van der Waals surface area contributed by atoms with Gasteiger partial charge in [0.1, 0.15) is 12.4 Å². The predicted octanol–water partition coefficient (Wildman–Crippen LogP) is 1.61. The maximum atomic E-state index is 13.1. The summed E-state index contributed by atoms with van der Waals surface area (Å²) in [4.78, 5) is 27.0. The van der Waals surface area contributed by atoms with Gasteiger partial charge in [-0.15, -0.1) is 0 Å². The number of carbonyl (C=O) groups excluding carboxylic acids is 2. The van der Waals surface area contributed by atoms with Crippen LogP contribution in [0.2, 0.25) is 0 Å². The van der Waals surface area contributed by atoms with Gasteiger partial charge in [0.25, 0.3) is 5.91 Å². The zero-order valence-corrected chi connectivity index (χ0v) is 16.6. The van der Waals surface area contributed by atoms with Crippen LogP contribution >= 0.6 is 0 Å². The van der Waals surface area contributed by atoms with Crippen LogP contribution in [-0.4, -0.2) is 67.4 Å². The number of nitrogens with one attached hydrogen (secondary N) is 1. The van der Waals surface area contributed by atoms with E-state index in [-0.39, 0.29) is 37.2 Å². The van der Waals surface area contributed by atoms with Crippen LogP contribution in [-0.2, 0) is 19.1 Å². The molecule has 2 amide bonds. The first-order valence-electron chi connectivity index (χ1n) is 10.7. The second kappa shape index (κ2) is 7.61. The van der Waals surface area contributed by atoms with Gasteiger partial charge in [-0.1, -0.05) is 18.2 Å². The van der Waals surface area contributed by atoms with Gasteiger partial charge in [0.05, 0.1) is 30.9 Å². The van der Waals surface area contributed by atoms with Gasteiger partial charge < -0.3 is 24.4 Å². The molecule has 3 fully saturated rings. The van der Waals surface area contributed by atoms with Crippen LogP contribution in [0.1, 0.15) is 43.6 Å². The van der Waals surface area contributed by atoms with E-state index >= 15 is 0 Å². The molecule has 2 bridgehead atoms. The van der Waals surface area contributed by atoms with Gasteiger partial charge in [-0.3, -0.25) is 9.59 Å². The Morgan fingerprint density at radius 1 is 1.07 bits per heavy atom. The van der Waals surface area contributed by atoms with Crippen LogP contribution in [0.3, 0.4) is 0 Å². The maximum Gasteiger partial charge on any atom is 0.260 e. The Morgan fingerprint density at radius 2 is 1.90 bits per heavy atom. The van der Waals surface area contributed by atoms with Crippen molar-refractivity contribution in [1.29, 1.82) is 0 Å². The Morgan fingerprint density at radius 3 is 2.72 bits per heavy atom. The first-order valence-corrected chi connectivity index (χ1v) is 10.7. The first kappa shape index (κ1) is 18.9. The lowest BCUT2D eigenvalue weighted by Crippen LogP contribution is -2.65. The van der Waals surface area contributed by atoms with Gasteiger partial charge in [-0.25, -0.2) is 0 Å². The lowest BCUT2D eigenvalue weighted by molar-refractivity contribution is -0.144. The third kappa shape index (κ3) is 3.51. The average Bonchev–Trinajstić information content (AvgIpc) is 3.08. The Bertz CT molecular complexity index is 791. The first-order chi connectivity index (χ1) is 14.1. The molecule has 2 unspecified atom stereocenters. The fourth-order valence-electron chi connectivity index (χ4n) is 5.42. The highest BCUT2D eigenvalue weighted by atomic mass is 16.5. The third-order valence-electron chi connectivity index (χ3n) is 6.99. The molecular weight excluding hydrogens is 372 g/mol. The van der Waals surface area contributed by atoms with E-state index in [9.17, 15) is 9.59 Å². The predicted molar refractivity (Wildman–Crippen MR) is 105 cm³/mol. The van der Waals surface area contributed by atoms with Crippen LogP contribution in [0.4, 0.5) is 0 Å². The lowest BCUT2D eigenvalue weighted by Gasteiger charge is -2.41. The zero-order chi connectivity index (χ0) is 19.8. The molecule has 1 spiro atoms. The van der Waals surface area contributed by atoms with E-state index in [2.05, 4.69) is 11.4 Å². The van der Waals surface area contributed by atoms with E-state index < -0.39 is 5.54 Å². The minimum absolute atomic E-state index is 0.00541. The Labute approximate surface area is 170 Å². The van der Waals surface area contributed by atoms with Gasteiger partial charge >= 0.3 is 0 Å². The number of carbonyl (C=O) groups is 2. The Balaban J connectivity index is 1.44. The van der Waals surface area contributed by atoms with Gasteiger partial charge in [0.2, 0.25) is 5.91 Å². The molecule has 5 aliphatic rings. The second-order valence-electron chi connectivity index (χ2n) is 8.68. The number of hydrogen-bond donors (Lipinski definition) is 1. The van der Waals surface area contributed by atoms with Crippen molar-refractivity contribution in [2.24, 2.45) is 0 Å². The number of hydrogen-bond acceptors (Lipinski definition) is 5. The molecule has 4 aliphatic heterocycles. The number of rotatable bonds is 0. The highest BCUT2D eigenvalue weighted by Gasteiger charge is 2.52. The van der Waals surface area contributed by atoms with E-state index in [0.29, 0.717) is 32.1 Å². The van der Waals surface area contributed by atoms with Gasteiger partial charge in [-0.05, 0) is 49.7 Å². The molecule has 4 heterocycles. The SMILES string of the molecule is O=C1COCC2(CCN3C(=O)COc4ccccc4[C@H]4CC[C@H](CC4)OCC32)N1. The summed E-state index contributed by atoms with van der Waals surface area (Å²) in [6, 6.07) is 7.84. The number of ether oxygens (including phenoxy) is 3. The summed E-state index contributed by atoms with van der Waals surface area (Å²) in [7, 11) is 0.